The highest BCUT2D eigenvalue weighted by atomic mass is 35.5. The monoisotopic (exact) mass is 445 g/mol. The van der Waals surface area contributed by atoms with E-state index < -0.39 is 11.6 Å². The Kier molecular flexibility index (Phi) is 5.45. The van der Waals surface area contributed by atoms with E-state index in [0.29, 0.717) is 36.5 Å². The van der Waals surface area contributed by atoms with Gasteiger partial charge in [0.15, 0.2) is 11.6 Å². The van der Waals surface area contributed by atoms with Gasteiger partial charge in [0.1, 0.15) is 11.6 Å². The second kappa shape index (κ2) is 8.39. The van der Waals surface area contributed by atoms with Crippen LogP contribution in [0.2, 0.25) is 5.02 Å². The van der Waals surface area contributed by atoms with Crippen LogP contribution < -0.4 is 15.5 Å². The number of hydrogen-bond donors (Lipinski definition) is 2. The van der Waals surface area contributed by atoms with E-state index in [-0.39, 0.29) is 17.1 Å². The predicted octanol–water partition coefficient (Wildman–Crippen LogP) is 3.46. The van der Waals surface area contributed by atoms with Crippen LogP contribution in [0.5, 0.6) is 0 Å². The van der Waals surface area contributed by atoms with E-state index in [9.17, 15) is 8.78 Å². The minimum atomic E-state index is -0.642. The Morgan fingerprint density at radius 2 is 2.03 bits per heavy atom. The van der Waals surface area contributed by atoms with Crippen molar-refractivity contribution in [2.45, 2.75) is 32.0 Å². The van der Waals surface area contributed by atoms with Crippen LogP contribution in [0.4, 0.5) is 20.4 Å². The number of fused-ring (bicyclic) bond motifs is 1. The number of benzene rings is 1. The Bertz CT molecular complexity index is 1100. The summed E-state index contributed by atoms with van der Waals surface area (Å²) in [6.07, 6.45) is 7.90. The summed E-state index contributed by atoms with van der Waals surface area (Å²) in [6.45, 7) is 2.92. The number of nitrogens with zero attached hydrogens (tertiary/aromatic N) is 5. The third-order valence-electron chi connectivity index (χ3n) is 5.50. The molecule has 1 aromatic carbocycles. The Balaban J connectivity index is 1.37. The lowest BCUT2D eigenvalue weighted by Crippen LogP contribution is -2.35. The number of hydrogen-bond acceptors (Lipinski definition) is 6. The molecule has 0 unspecified atom stereocenters. The highest BCUT2D eigenvalue weighted by Gasteiger charge is 2.24. The van der Waals surface area contributed by atoms with Gasteiger partial charge in [0.2, 0.25) is 0 Å². The quantitative estimate of drug-likeness (QED) is 0.543. The Morgan fingerprint density at radius 1 is 1.19 bits per heavy atom. The van der Waals surface area contributed by atoms with Gasteiger partial charge in [-0.1, -0.05) is 11.6 Å². The first-order chi connectivity index (χ1) is 15.1. The molecule has 5 rings (SSSR count). The molecule has 1 fully saturated rings. The Labute approximate surface area is 183 Å². The molecule has 0 atom stereocenters. The van der Waals surface area contributed by atoms with Gasteiger partial charge in [-0.05, 0) is 25.0 Å². The number of halogens is 3. The standard InChI is InChI=1S/C21H22ClF2N7/c22-19-15(16(23)3-4-17(19)24)12-30-7-5-26-20-21(30)29-18(10-27-20)13-9-28-31(11-13)8-6-25-14-1-2-14/h3-4,9-11,14,25H,1-2,5-8,12H2,(H,26,27). The Hall–Kier alpha value is -2.78. The number of rotatable bonds is 7. The van der Waals surface area contributed by atoms with Crippen LogP contribution in [0.15, 0.2) is 30.7 Å². The zero-order chi connectivity index (χ0) is 21.4. The van der Waals surface area contributed by atoms with Gasteiger partial charge in [0.05, 0.1) is 29.7 Å². The zero-order valence-corrected chi connectivity index (χ0v) is 17.5. The topological polar surface area (TPSA) is 70.9 Å². The molecule has 3 aromatic rings. The molecule has 1 aliphatic carbocycles. The summed E-state index contributed by atoms with van der Waals surface area (Å²) in [5.74, 6) is -0.0101. The first-order valence-electron chi connectivity index (χ1n) is 10.3. The second-order valence-corrected chi connectivity index (χ2v) is 8.20. The van der Waals surface area contributed by atoms with Crippen LogP contribution in [0.1, 0.15) is 18.4 Å². The molecule has 162 valence electrons. The van der Waals surface area contributed by atoms with Crippen LogP contribution in [0, 0.1) is 11.6 Å². The fraction of sp³-hybridized carbons (Fsp3) is 0.381. The maximum atomic E-state index is 14.3. The fourth-order valence-corrected chi connectivity index (χ4v) is 3.84. The lowest BCUT2D eigenvalue weighted by molar-refractivity contribution is 0.553. The van der Waals surface area contributed by atoms with Gasteiger partial charge in [-0.25, -0.2) is 18.7 Å². The molecule has 0 spiro atoms. The van der Waals surface area contributed by atoms with Crippen molar-refractivity contribution in [2.24, 2.45) is 0 Å². The van der Waals surface area contributed by atoms with Crippen molar-refractivity contribution in [1.29, 1.82) is 0 Å². The summed E-state index contributed by atoms with van der Waals surface area (Å²) in [5.41, 5.74) is 1.62. The van der Waals surface area contributed by atoms with E-state index >= 15 is 0 Å². The van der Waals surface area contributed by atoms with Gasteiger partial charge in [0, 0.05) is 49.5 Å². The number of anilines is 2. The molecule has 1 saturated carbocycles. The minimum Gasteiger partial charge on any atom is -0.365 e. The zero-order valence-electron chi connectivity index (χ0n) is 16.8. The van der Waals surface area contributed by atoms with Crippen molar-refractivity contribution in [3.05, 3.63) is 52.9 Å². The molecule has 0 bridgehead atoms. The maximum absolute atomic E-state index is 14.3. The van der Waals surface area contributed by atoms with Crippen molar-refractivity contribution in [3.63, 3.8) is 0 Å². The molecule has 31 heavy (non-hydrogen) atoms. The highest BCUT2D eigenvalue weighted by Crippen LogP contribution is 2.31. The van der Waals surface area contributed by atoms with Crippen LogP contribution in [0.3, 0.4) is 0 Å². The van der Waals surface area contributed by atoms with E-state index in [1.807, 2.05) is 15.8 Å². The van der Waals surface area contributed by atoms with Gasteiger partial charge in [0.25, 0.3) is 0 Å². The highest BCUT2D eigenvalue weighted by molar-refractivity contribution is 6.31. The van der Waals surface area contributed by atoms with Crippen LogP contribution in [-0.4, -0.2) is 45.4 Å². The summed E-state index contributed by atoms with van der Waals surface area (Å²) in [6, 6.07) is 2.79. The largest absolute Gasteiger partial charge is 0.365 e. The van der Waals surface area contributed by atoms with Gasteiger partial charge < -0.3 is 15.5 Å². The molecule has 0 amide bonds. The molecule has 3 heterocycles. The Morgan fingerprint density at radius 3 is 2.87 bits per heavy atom. The van der Waals surface area contributed by atoms with Gasteiger partial charge in [-0.15, -0.1) is 0 Å². The number of aromatic nitrogens is 4. The molecule has 7 nitrogen and oxygen atoms in total. The molecular formula is C21H22ClF2N7. The predicted molar refractivity (Wildman–Crippen MR) is 115 cm³/mol. The van der Waals surface area contributed by atoms with Gasteiger partial charge in [-0.3, -0.25) is 4.68 Å². The SMILES string of the molecule is Fc1ccc(F)c(CN2CCNc3ncc(-c4cnn(CCNC5CC5)c4)nc32)c1Cl. The average Bonchev–Trinajstić information content (AvgIpc) is 3.48. The van der Waals surface area contributed by atoms with Crippen molar-refractivity contribution >= 4 is 23.2 Å². The lowest BCUT2D eigenvalue weighted by atomic mass is 10.1. The summed E-state index contributed by atoms with van der Waals surface area (Å²) in [5, 5.41) is 10.9. The maximum Gasteiger partial charge on any atom is 0.172 e. The van der Waals surface area contributed by atoms with E-state index in [1.54, 1.807) is 12.4 Å². The minimum absolute atomic E-state index is 0.0985. The van der Waals surface area contributed by atoms with Crippen molar-refractivity contribution in [1.82, 2.24) is 25.1 Å². The summed E-state index contributed by atoms with van der Waals surface area (Å²) >= 11 is 6.03. The summed E-state index contributed by atoms with van der Waals surface area (Å²) in [7, 11) is 0. The van der Waals surface area contributed by atoms with Crippen LogP contribution >= 0.6 is 11.6 Å². The van der Waals surface area contributed by atoms with Crippen LogP contribution in [-0.2, 0) is 13.1 Å². The molecule has 2 N–H and O–H groups in total. The first kappa shape index (κ1) is 20.1. The third-order valence-corrected chi connectivity index (χ3v) is 5.90. The van der Waals surface area contributed by atoms with E-state index in [4.69, 9.17) is 16.6 Å². The molecule has 0 saturated heterocycles. The molecule has 0 radical (unpaired) electrons. The molecule has 1 aliphatic heterocycles. The molecule has 10 heteroatoms. The van der Waals surface area contributed by atoms with E-state index in [1.165, 1.54) is 12.8 Å². The van der Waals surface area contributed by atoms with Crippen molar-refractivity contribution in [2.75, 3.05) is 29.9 Å². The van der Waals surface area contributed by atoms with Gasteiger partial charge in [-0.2, -0.15) is 5.10 Å². The molecule has 2 aliphatic rings. The molecule has 2 aromatic heterocycles. The number of nitrogens with one attached hydrogen (secondary N) is 2. The van der Waals surface area contributed by atoms with E-state index in [2.05, 4.69) is 20.7 Å². The normalized spacial score (nSPS) is 15.6. The lowest BCUT2D eigenvalue weighted by Gasteiger charge is -2.30. The fourth-order valence-electron chi connectivity index (χ4n) is 3.63. The van der Waals surface area contributed by atoms with Crippen molar-refractivity contribution in [3.8, 4) is 11.3 Å². The summed E-state index contributed by atoms with van der Waals surface area (Å²) < 4.78 is 30.1. The second-order valence-electron chi connectivity index (χ2n) is 7.82. The first-order valence-corrected chi connectivity index (χ1v) is 10.7. The van der Waals surface area contributed by atoms with E-state index in [0.717, 1.165) is 30.8 Å². The molecular weight excluding hydrogens is 424 g/mol. The average molecular weight is 446 g/mol. The van der Waals surface area contributed by atoms with Crippen LogP contribution in [0.25, 0.3) is 11.3 Å². The van der Waals surface area contributed by atoms with Crippen molar-refractivity contribution < 1.29 is 8.78 Å². The summed E-state index contributed by atoms with van der Waals surface area (Å²) in [4.78, 5) is 11.1. The smallest absolute Gasteiger partial charge is 0.172 e. The van der Waals surface area contributed by atoms with Gasteiger partial charge >= 0.3 is 0 Å². The third kappa shape index (κ3) is 4.33.